The SMILES string of the molecule is CS(=O)(=O)O.c1ccc(-c2ccccc2-c2ccccc2)cc1. The Kier molecular flexibility index (Phi) is 5.68. The van der Waals surface area contributed by atoms with Crippen molar-refractivity contribution in [3.63, 3.8) is 0 Å². The van der Waals surface area contributed by atoms with Crippen molar-refractivity contribution >= 4 is 10.1 Å². The van der Waals surface area contributed by atoms with E-state index < -0.39 is 10.1 Å². The van der Waals surface area contributed by atoms with E-state index in [9.17, 15) is 8.42 Å². The van der Waals surface area contributed by atoms with Gasteiger partial charge < -0.3 is 0 Å². The maximum atomic E-state index is 9.19. The minimum Gasteiger partial charge on any atom is -0.286 e. The Morgan fingerprint density at radius 1 is 0.609 bits per heavy atom. The minimum absolute atomic E-state index is 0.715. The zero-order valence-corrected chi connectivity index (χ0v) is 13.6. The average Bonchev–Trinajstić information content (AvgIpc) is 2.55. The summed E-state index contributed by atoms with van der Waals surface area (Å²) in [7, 11) is -3.67. The summed E-state index contributed by atoms with van der Waals surface area (Å²) in [5.41, 5.74) is 5.09. The molecule has 0 aliphatic heterocycles. The molecule has 0 saturated heterocycles. The van der Waals surface area contributed by atoms with E-state index in [2.05, 4.69) is 84.9 Å². The third kappa shape index (κ3) is 5.70. The number of hydrogen-bond donors (Lipinski definition) is 1. The zero-order chi connectivity index (χ0) is 16.7. The predicted molar refractivity (Wildman–Crippen MR) is 94.8 cm³/mol. The van der Waals surface area contributed by atoms with E-state index in [1.54, 1.807) is 0 Å². The molecule has 0 radical (unpaired) electrons. The first-order chi connectivity index (χ1) is 10.9. The lowest BCUT2D eigenvalue weighted by Gasteiger charge is -2.09. The van der Waals surface area contributed by atoms with Crippen LogP contribution >= 0.6 is 0 Å². The Hall–Kier alpha value is -2.43. The van der Waals surface area contributed by atoms with Crippen molar-refractivity contribution < 1.29 is 13.0 Å². The van der Waals surface area contributed by atoms with Crippen LogP contribution in [0, 0.1) is 0 Å². The van der Waals surface area contributed by atoms with Gasteiger partial charge >= 0.3 is 0 Å². The lowest BCUT2D eigenvalue weighted by Crippen LogP contribution is -1.88. The molecule has 3 aromatic carbocycles. The van der Waals surface area contributed by atoms with Gasteiger partial charge in [-0.25, -0.2) is 0 Å². The standard InChI is InChI=1S/C18H14.CH4O3S/c1-3-9-15(10-4-1)17-13-7-8-14-18(17)16-11-5-2-6-12-16;1-5(2,3)4/h1-14H;1H3,(H,2,3,4). The molecule has 0 unspecified atom stereocenters. The zero-order valence-electron chi connectivity index (χ0n) is 12.8. The van der Waals surface area contributed by atoms with Crippen LogP contribution in [-0.2, 0) is 10.1 Å². The predicted octanol–water partition coefficient (Wildman–Crippen LogP) is 4.52. The molecule has 3 rings (SSSR count). The Morgan fingerprint density at radius 3 is 1.17 bits per heavy atom. The van der Waals surface area contributed by atoms with Gasteiger partial charge in [-0.05, 0) is 22.3 Å². The van der Waals surface area contributed by atoms with Crippen molar-refractivity contribution in [3.05, 3.63) is 84.9 Å². The van der Waals surface area contributed by atoms with E-state index in [1.807, 2.05) is 0 Å². The van der Waals surface area contributed by atoms with Crippen LogP contribution in [0.3, 0.4) is 0 Å². The van der Waals surface area contributed by atoms with Gasteiger partial charge in [0.25, 0.3) is 10.1 Å². The van der Waals surface area contributed by atoms with Crippen molar-refractivity contribution in [1.29, 1.82) is 0 Å². The first-order valence-electron chi connectivity index (χ1n) is 7.07. The fourth-order valence-electron chi connectivity index (χ4n) is 2.22. The fraction of sp³-hybridized carbons (Fsp3) is 0.0526. The minimum atomic E-state index is -3.67. The molecule has 3 aromatic rings. The molecule has 3 nitrogen and oxygen atoms in total. The van der Waals surface area contributed by atoms with Crippen LogP contribution in [0.25, 0.3) is 22.3 Å². The van der Waals surface area contributed by atoms with Crippen LogP contribution in [0.2, 0.25) is 0 Å². The van der Waals surface area contributed by atoms with Crippen molar-refractivity contribution in [1.82, 2.24) is 0 Å². The van der Waals surface area contributed by atoms with Gasteiger partial charge in [-0.3, -0.25) is 4.55 Å². The normalized spacial score (nSPS) is 10.5. The lowest BCUT2D eigenvalue weighted by atomic mass is 9.95. The molecule has 0 fully saturated rings. The topological polar surface area (TPSA) is 54.4 Å². The molecule has 23 heavy (non-hydrogen) atoms. The average molecular weight is 326 g/mol. The third-order valence-electron chi connectivity index (χ3n) is 3.10. The van der Waals surface area contributed by atoms with Gasteiger partial charge in [-0.2, -0.15) is 8.42 Å². The smallest absolute Gasteiger partial charge is 0.261 e. The van der Waals surface area contributed by atoms with Crippen molar-refractivity contribution in [2.24, 2.45) is 0 Å². The fourth-order valence-corrected chi connectivity index (χ4v) is 2.22. The van der Waals surface area contributed by atoms with E-state index in [0.717, 1.165) is 0 Å². The first-order valence-corrected chi connectivity index (χ1v) is 8.92. The highest BCUT2D eigenvalue weighted by Gasteiger charge is 2.05. The van der Waals surface area contributed by atoms with Crippen LogP contribution in [0.4, 0.5) is 0 Å². The van der Waals surface area contributed by atoms with E-state index in [0.29, 0.717) is 6.26 Å². The summed E-state index contributed by atoms with van der Waals surface area (Å²) in [6.07, 6.45) is 0.715. The molecule has 118 valence electrons. The van der Waals surface area contributed by atoms with Gasteiger partial charge in [0, 0.05) is 0 Å². The summed E-state index contributed by atoms with van der Waals surface area (Å²) in [5, 5.41) is 0. The summed E-state index contributed by atoms with van der Waals surface area (Å²) in [5.74, 6) is 0. The van der Waals surface area contributed by atoms with Crippen LogP contribution in [0.1, 0.15) is 0 Å². The van der Waals surface area contributed by atoms with E-state index in [-0.39, 0.29) is 0 Å². The van der Waals surface area contributed by atoms with E-state index >= 15 is 0 Å². The van der Waals surface area contributed by atoms with Gasteiger partial charge in [0.1, 0.15) is 0 Å². The Bertz CT molecular complexity index is 776. The Labute approximate surface area is 137 Å². The monoisotopic (exact) mass is 326 g/mol. The lowest BCUT2D eigenvalue weighted by molar-refractivity contribution is 0.490. The highest BCUT2D eigenvalue weighted by atomic mass is 32.2. The van der Waals surface area contributed by atoms with Crippen molar-refractivity contribution in [3.8, 4) is 22.3 Å². The van der Waals surface area contributed by atoms with E-state index in [1.165, 1.54) is 22.3 Å². The molecule has 0 aliphatic carbocycles. The molecule has 1 N–H and O–H groups in total. The molecular weight excluding hydrogens is 308 g/mol. The molecule has 0 saturated carbocycles. The summed E-state index contributed by atoms with van der Waals surface area (Å²) in [6, 6.07) is 29.6. The maximum Gasteiger partial charge on any atom is 0.261 e. The van der Waals surface area contributed by atoms with Crippen LogP contribution in [-0.4, -0.2) is 19.2 Å². The van der Waals surface area contributed by atoms with Crippen LogP contribution in [0.15, 0.2) is 84.9 Å². The third-order valence-corrected chi connectivity index (χ3v) is 3.10. The summed E-state index contributed by atoms with van der Waals surface area (Å²) in [4.78, 5) is 0. The maximum absolute atomic E-state index is 9.19. The highest BCUT2D eigenvalue weighted by molar-refractivity contribution is 7.85. The summed E-state index contributed by atoms with van der Waals surface area (Å²) < 4.78 is 25.9. The molecule has 0 aliphatic rings. The second-order valence-corrected chi connectivity index (χ2v) is 6.48. The largest absolute Gasteiger partial charge is 0.286 e. The first kappa shape index (κ1) is 16.9. The van der Waals surface area contributed by atoms with Crippen molar-refractivity contribution in [2.45, 2.75) is 0 Å². The van der Waals surface area contributed by atoms with Crippen molar-refractivity contribution in [2.75, 3.05) is 6.26 Å². The molecule has 0 spiro atoms. The molecule has 0 bridgehead atoms. The van der Waals surface area contributed by atoms with Gasteiger partial charge in [-0.15, -0.1) is 0 Å². The molecule has 4 heteroatoms. The van der Waals surface area contributed by atoms with Crippen LogP contribution < -0.4 is 0 Å². The molecule has 0 aromatic heterocycles. The number of hydrogen-bond acceptors (Lipinski definition) is 2. The van der Waals surface area contributed by atoms with Gasteiger partial charge in [-0.1, -0.05) is 84.9 Å². The van der Waals surface area contributed by atoms with E-state index in [4.69, 9.17) is 4.55 Å². The highest BCUT2D eigenvalue weighted by Crippen LogP contribution is 2.31. The Morgan fingerprint density at radius 2 is 0.870 bits per heavy atom. The molecule has 0 atom stereocenters. The second kappa shape index (κ2) is 7.72. The number of benzene rings is 3. The van der Waals surface area contributed by atoms with Gasteiger partial charge in [0.2, 0.25) is 0 Å². The van der Waals surface area contributed by atoms with Gasteiger partial charge in [0.05, 0.1) is 6.26 Å². The molecule has 0 heterocycles. The molecule has 0 amide bonds. The second-order valence-electron chi connectivity index (χ2n) is 5.01. The quantitative estimate of drug-likeness (QED) is 0.704. The molecular formula is C19H18O3S. The summed E-state index contributed by atoms with van der Waals surface area (Å²) in [6.45, 7) is 0. The summed E-state index contributed by atoms with van der Waals surface area (Å²) >= 11 is 0. The number of rotatable bonds is 2. The van der Waals surface area contributed by atoms with Gasteiger partial charge in [0.15, 0.2) is 0 Å². The Balaban J connectivity index is 0.000000338. The van der Waals surface area contributed by atoms with Crippen LogP contribution in [0.5, 0.6) is 0 Å².